The predicted octanol–water partition coefficient (Wildman–Crippen LogP) is 3.24. The van der Waals surface area contributed by atoms with Crippen LogP contribution in [0.2, 0.25) is 0 Å². The van der Waals surface area contributed by atoms with E-state index in [-0.39, 0.29) is 24.4 Å². The Bertz CT molecular complexity index is 472. The van der Waals surface area contributed by atoms with Gasteiger partial charge in [-0.1, -0.05) is 0 Å². The van der Waals surface area contributed by atoms with E-state index in [4.69, 9.17) is 0 Å². The fourth-order valence-corrected chi connectivity index (χ4v) is 3.76. The van der Waals surface area contributed by atoms with E-state index in [1.54, 1.807) is 0 Å². The van der Waals surface area contributed by atoms with Crippen LogP contribution in [0.4, 0.5) is 0 Å². The Morgan fingerprint density at radius 1 is 0.688 bits per heavy atom. The summed E-state index contributed by atoms with van der Waals surface area (Å²) in [5, 5.41) is 2.24. The van der Waals surface area contributed by atoms with E-state index in [0.717, 1.165) is 0 Å². The zero-order valence-corrected chi connectivity index (χ0v) is 16.2. The summed E-state index contributed by atoms with van der Waals surface area (Å²) >= 11 is 13.2. The SMILES string of the molecule is O=C1NC(=O)c2c(Br)c(Br)c(Br)c(Br)c21.[Sb]. The third kappa shape index (κ3) is 2.18. The number of hydrogen-bond donors (Lipinski definition) is 1. The molecule has 0 saturated heterocycles. The molecule has 0 saturated carbocycles. The van der Waals surface area contributed by atoms with Gasteiger partial charge in [0.05, 0.1) is 11.1 Å². The Labute approximate surface area is 142 Å². The van der Waals surface area contributed by atoms with Gasteiger partial charge in [-0.05, 0) is 63.7 Å². The van der Waals surface area contributed by atoms with Crippen molar-refractivity contribution in [2.24, 2.45) is 0 Å². The number of benzene rings is 1. The number of amides is 2. The standard InChI is InChI=1S/C8HBr4NO2.Sb/c9-3-1-2(8(15)13-7(1)14)4(10)6(12)5(3)11;/h(H,13,14,15);. The third-order valence-electron chi connectivity index (χ3n) is 1.95. The van der Waals surface area contributed by atoms with E-state index in [9.17, 15) is 9.59 Å². The maximum absolute atomic E-state index is 11.5. The number of imide groups is 1. The molecule has 1 aliphatic heterocycles. The van der Waals surface area contributed by atoms with Crippen LogP contribution in [0.3, 0.4) is 0 Å². The maximum Gasteiger partial charge on any atom is 0.260 e. The smallest absolute Gasteiger partial charge is 0.260 e. The molecule has 16 heavy (non-hydrogen) atoms. The van der Waals surface area contributed by atoms with Gasteiger partial charge in [-0.3, -0.25) is 14.9 Å². The van der Waals surface area contributed by atoms with Gasteiger partial charge in [-0.2, -0.15) is 0 Å². The van der Waals surface area contributed by atoms with Crippen LogP contribution >= 0.6 is 63.7 Å². The molecule has 0 aliphatic carbocycles. The van der Waals surface area contributed by atoms with E-state index >= 15 is 0 Å². The summed E-state index contributed by atoms with van der Waals surface area (Å²) in [7, 11) is 0. The second kappa shape index (κ2) is 5.39. The number of halogens is 4. The molecule has 8 heteroatoms. The molecule has 2 rings (SSSR count). The molecule has 2 amide bonds. The number of nitrogens with one attached hydrogen (secondary N) is 1. The number of hydrogen-bond acceptors (Lipinski definition) is 2. The molecule has 1 heterocycles. The topological polar surface area (TPSA) is 46.2 Å². The van der Waals surface area contributed by atoms with Crippen molar-refractivity contribution in [1.82, 2.24) is 5.32 Å². The van der Waals surface area contributed by atoms with Crippen LogP contribution in [0.25, 0.3) is 0 Å². The van der Waals surface area contributed by atoms with Gasteiger partial charge in [0.15, 0.2) is 0 Å². The number of carbonyl (C=O) groups is 2. The first-order valence-electron chi connectivity index (χ1n) is 3.66. The molecule has 0 unspecified atom stereocenters. The zero-order chi connectivity index (χ0) is 11.3. The molecule has 83 valence electrons. The summed E-state index contributed by atoms with van der Waals surface area (Å²) in [6.07, 6.45) is 0. The quantitative estimate of drug-likeness (QED) is 0.221. The molecule has 1 aromatic carbocycles. The van der Waals surface area contributed by atoms with Gasteiger partial charge in [-0.15, -0.1) is 0 Å². The third-order valence-corrected chi connectivity index (χ3v) is 6.72. The molecule has 1 aliphatic rings. The Morgan fingerprint density at radius 2 is 1.00 bits per heavy atom. The van der Waals surface area contributed by atoms with Crippen LogP contribution in [-0.4, -0.2) is 36.2 Å². The summed E-state index contributed by atoms with van der Waals surface area (Å²) in [4.78, 5) is 23.0. The van der Waals surface area contributed by atoms with Gasteiger partial charge < -0.3 is 0 Å². The molecule has 0 spiro atoms. The number of carbonyl (C=O) groups excluding carboxylic acids is 2. The van der Waals surface area contributed by atoms with Crippen LogP contribution in [0.15, 0.2) is 17.9 Å². The van der Waals surface area contributed by atoms with E-state index in [0.29, 0.717) is 29.0 Å². The van der Waals surface area contributed by atoms with Crippen molar-refractivity contribution in [2.45, 2.75) is 0 Å². The normalized spacial score (nSPS) is 13.2. The van der Waals surface area contributed by atoms with Crippen molar-refractivity contribution >= 4 is 100.0 Å². The average molecular weight is 584 g/mol. The minimum absolute atomic E-state index is 0. The van der Waals surface area contributed by atoms with Crippen LogP contribution in [0, 0.1) is 0 Å². The first-order chi connectivity index (χ1) is 6.95. The molecule has 0 aromatic heterocycles. The average Bonchev–Trinajstić information content (AvgIpc) is 2.47. The Balaban J connectivity index is 0.00000128. The molecular formula is C8HBr4NO2Sb. The Morgan fingerprint density at radius 3 is 1.31 bits per heavy atom. The molecule has 3 nitrogen and oxygen atoms in total. The molecular weight excluding hydrogens is 583 g/mol. The first kappa shape index (κ1) is 15.2. The van der Waals surface area contributed by atoms with E-state index < -0.39 is 11.8 Å². The second-order valence-corrected chi connectivity index (χ2v) is 5.96. The summed E-state index contributed by atoms with van der Waals surface area (Å²) in [6, 6.07) is 0. The Kier molecular flexibility index (Phi) is 5.10. The van der Waals surface area contributed by atoms with Crippen molar-refractivity contribution in [3.63, 3.8) is 0 Å². The van der Waals surface area contributed by atoms with E-state index in [2.05, 4.69) is 69.0 Å². The zero-order valence-electron chi connectivity index (χ0n) is 7.28. The number of fused-ring (bicyclic) bond motifs is 1. The molecule has 0 bridgehead atoms. The van der Waals surface area contributed by atoms with Crippen molar-refractivity contribution in [2.75, 3.05) is 0 Å². The van der Waals surface area contributed by atoms with Crippen LogP contribution in [-0.2, 0) is 0 Å². The molecule has 1 aromatic rings. The van der Waals surface area contributed by atoms with Gasteiger partial charge in [0.1, 0.15) is 0 Å². The molecule has 0 fully saturated rings. The predicted molar refractivity (Wildman–Crippen MR) is 74.8 cm³/mol. The van der Waals surface area contributed by atoms with E-state index in [1.807, 2.05) is 0 Å². The van der Waals surface area contributed by atoms with Crippen LogP contribution in [0.1, 0.15) is 20.7 Å². The van der Waals surface area contributed by atoms with E-state index in [1.165, 1.54) is 0 Å². The van der Waals surface area contributed by atoms with Crippen molar-refractivity contribution < 1.29 is 9.59 Å². The summed E-state index contributed by atoms with van der Waals surface area (Å²) in [6.45, 7) is 0. The molecule has 1 N–H and O–H groups in total. The van der Waals surface area contributed by atoms with Gasteiger partial charge in [0.2, 0.25) is 0 Å². The summed E-state index contributed by atoms with van der Waals surface area (Å²) < 4.78 is 2.52. The number of rotatable bonds is 0. The van der Waals surface area contributed by atoms with Gasteiger partial charge in [0.25, 0.3) is 11.8 Å². The van der Waals surface area contributed by atoms with Gasteiger partial charge >= 0.3 is 0 Å². The van der Waals surface area contributed by atoms with Crippen molar-refractivity contribution in [3.8, 4) is 0 Å². The minimum atomic E-state index is -0.393. The largest absolute Gasteiger partial charge is 0.288 e. The van der Waals surface area contributed by atoms with Crippen LogP contribution in [0.5, 0.6) is 0 Å². The van der Waals surface area contributed by atoms with Crippen LogP contribution < -0.4 is 5.32 Å². The fraction of sp³-hybridized carbons (Fsp3) is 0. The van der Waals surface area contributed by atoms with Crippen molar-refractivity contribution in [3.05, 3.63) is 29.0 Å². The van der Waals surface area contributed by atoms with Gasteiger partial charge in [0, 0.05) is 42.3 Å². The first-order valence-corrected chi connectivity index (χ1v) is 6.84. The summed E-state index contributed by atoms with van der Waals surface area (Å²) in [5.74, 6) is -0.786. The fourth-order valence-electron chi connectivity index (χ4n) is 1.29. The van der Waals surface area contributed by atoms with Gasteiger partial charge in [-0.25, -0.2) is 0 Å². The monoisotopic (exact) mass is 580 g/mol. The minimum Gasteiger partial charge on any atom is -0.288 e. The molecule has 0 atom stereocenters. The van der Waals surface area contributed by atoms with Crippen molar-refractivity contribution in [1.29, 1.82) is 0 Å². The second-order valence-electron chi connectivity index (χ2n) is 2.79. The maximum atomic E-state index is 11.5. The molecule has 3 radical (unpaired) electrons. The summed E-state index contributed by atoms with van der Waals surface area (Å²) in [5.41, 5.74) is 0.698. The Hall–Kier alpha value is 1.10.